The molecule has 1 atom stereocenters. The molecule has 3 aromatic rings. The maximum atomic E-state index is 13.6. The normalized spacial score (nSPS) is 16.1. The van der Waals surface area contributed by atoms with Crippen LogP contribution in [0.3, 0.4) is 0 Å². The number of benzene rings is 1. The van der Waals surface area contributed by atoms with E-state index in [4.69, 9.17) is 9.47 Å². The van der Waals surface area contributed by atoms with Crippen LogP contribution in [0.25, 0.3) is 6.08 Å². The van der Waals surface area contributed by atoms with E-state index in [1.165, 1.54) is 22.7 Å². The highest BCUT2D eigenvalue weighted by molar-refractivity contribution is 9.11. The first-order valence-corrected chi connectivity index (χ1v) is 13.2. The third-order valence-electron chi connectivity index (χ3n) is 4.94. The van der Waals surface area contributed by atoms with E-state index in [-0.39, 0.29) is 11.7 Å². The van der Waals surface area contributed by atoms with Crippen molar-refractivity contribution in [3.05, 3.63) is 80.0 Å². The Bertz CT molecular complexity index is 1450. The molecular weight excluding hydrogens is 592 g/mol. The van der Waals surface area contributed by atoms with Crippen LogP contribution in [0.2, 0.25) is 0 Å². The largest absolute Gasteiger partial charge is 0.496 e. The van der Waals surface area contributed by atoms with Crippen LogP contribution in [-0.4, -0.2) is 23.8 Å². The SMILES string of the molecule is COc1ccc(Br)cc1[C@@H]1C(C(=O)OC(C)C)=C(C)N=c2s/c(=C\c3ccc(Br)s3)c(=O)n21. The molecule has 0 unspecified atom stereocenters. The fourth-order valence-electron chi connectivity index (χ4n) is 3.61. The van der Waals surface area contributed by atoms with E-state index < -0.39 is 12.0 Å². The highest BCUT2D eigenvalue weighted by atomic mass is 79.9. The van der Waals surface area contributed by atoms with Crippen LogP contribution in [0.1, 0.15) is 37.3 Å². The number of methoxy groups -OCH3 is 1. The van der Waals surface area contributed by atoms with Crippen molar-refractivity contribution in [2.24, 2.45) is 4.99 Å². The van der Waals surface area contributed by atoms with Crippen LogP contribution in [-0.2, 0) is 9.53 Å². The Hall–Kier alpha value is -2.01. The van der Waals surface area contributed by atoms with Crippen molar-refractivity contribution in [2.45, 2.75) is 32.9 Å². The number of ether oxygens (including phenoxy) is 2. The standard InChI is InChI=1S/C23H20Br2N2O4S2/c1-11(2)31-22(29)19-12(3)26-23-27(20(19)15-9-13(24)5-7-16(15)30-4)21(28)17(33-23)10-14-6-8-18(25)32-14/h5-11,20H,1-4H3/b17-10-/t20-/m1/s1. The number of thiophene rings is 1. The van der Waals surface area contributed by atoms with Gasteiger partial charge >= 0.3 is 5.97 Å². The molecule has 0 bridgehead atoms. The molecule has 10 heteroatoms. The van der Waals surface area contributed by atoms with E-state index in [2.05, 4.69) is 36.9 Å². The minimum absolute atomic E-state index is 0.224. The molecule has 6 nitrogen and oxygen atoms in total. The number of allylic oxidation sites excluding steroid dienone is 1. The number of hydrogen-bond donors (Lipinski definition) is 0. The first-order valence-electron chi connectivity index (χ1n) is 10.0. The summed E-state index contributed by atoms with van der Waals surface area (Å²) in [5, 5.41) is 0. The van der Waals surface area contributed by atoms with E-state index in [9.17, 15) is 9.59 Å². The van der Waals surface area contributed by atoms with Gasteiger partial charge in [0.2, 0.25) is 0 Å². The van der Waals surface area contributed by atoms with Gasteiger partial charge in [-0.25, -0.2) is 9.79 Å². The molecule has 33 heavy (non-hydrogen) atoms. The highest BCUT2D eigenvalue weighted by Gasteiger charge is 2.35. The van der Waals surface area contributed by atoms with Crippen molar-refractivity contribution < 1.29 is 14.3 Å². The topological polar surface area (TPSA) is 69.9 Å². The van der Waals surface area contributed by atoms with Crippen LogP contribution in [0.4, 0.5) is 0 Å². The summed E-state index contributed by atoms with van der Waals surface area (Å²) in [6, 6.07) is 8.66. The minimum atomic E-state index is -0.739. The van der Waals surface area contributed by atoms with Gasteiger partial charge in [0.05, 0.1) is 32.8 Å². The molecule has 1 aliphatic heterocycles. The lowest BCUT2D eigenvalue weighted by atomic mass is 9.95. The number of fused-ring (bicyclic) bond motifs is 1. The van der Waals surface area contributed by atoms with Gasteiger partial charge in [0, 0.05) is 14.9 Å². The number of carbonyl (C=O) groups excluding carboxylic acids is 1. The zero-order valence-electron chi connectivity index (χ0n) is 18.2. The molecule has 0 aliphatic carbocycles. The van der Waals surface area contributed by atoms with Gasteiger partial charge < -0.3 is 9.47 Å². The number of halogens is 2. The van der Waals surface area contributed by atoms with E-state index in [1.54, 1.807) is 38.5 Å². The summed E-state index contributed by atoms with van der Waals surface area (Å²) in [5.74, 6) is 0.0549. The van der Waals surface area contributed by atoms with Crippen molar-refractivity contribution in [3.8, 4) is 5.75 Å². The van der Waals surface area contributed by atoms with Crippen molar-refractivity contribution in [1.29, 1.82) is 0 Å². The molecule has 0 N–H and O–H groups in total. The molecule has 0 saturated carbocycles. The summed E-state index contributed by atoms with van der Waals surface area (Å²) >= 11 is 9.80. The van der Waals surface area contributed by atoms with Gasteiger partial charge in [-0.3, -0.25) is 9.36 Å². The summed E-state index contributed by atoms with van der Waals surface area (Å²) in [7, 11) is 1.56. The molecule has 4 rings (SSSR count). The molecule has 3 heterocycles. The summed E-state index contributed by atoms with van der Waals surface area (Å²) < 4.78 is 15.0. The van der Waals surface area contributed by atoms with Crippen LogP contribution in [0, 0.1) is 0 Å². The Morgan fingerprint density at radius 2 is 1.97 bits per heavy atom. The molecular formula is C23H20Br2N2O4S2. The first kappa shape index (κ1) is 24.1. The second-order valence-electron chi connectivity index (χ2n) is 7.56. The van der Waals surface area contributed by atoms with E-state index in [1.807, 2.05) is 30.3 Å². The second kappa shape index (κ2) is 9.69. The predicted octanol–water partition coefficient (Wildman–Crippen LogP) is 4.78. The summed E-state index contributed by atoms with van der Waals surface area (Å²) in [4.78, 5) is 32.9. The van der Waals surface area contributed by atoms with Gasteiger partial charge in [0.25, 0.3) is 5.56 Å². The molecule has 0 fully saturated rings. The molecule has 1 aromatic carbocycles. The summed E-state index contributed by atoms with van der Waals surface area (Å²) in [6.07, 6.45) is 1.53. The molecule has 0 amide bonds. The number of aromatic nitrogens is 1. The summed E-state index contributed by atoms with van der Waals surface area (Å²) in [6.45, 7) is 5.34. The van der Waals surface area contributed by atoms with Crippen molar-refractivity contribution in [2.75, 3.05) is 7.11 Å². The Balaban J connectivity index is 2.01. The average Bonchev–Trinajstić information content (AvgIpc) is 3.29. The van der Waals surface area contributed by atoms with E-state index in [0.717, 1.165) is 13.1 Å². The Labute approximate surface area is 215 Å². The van der Waals surface area contributed by atoms with E-state index >= 15 is 0 Å². The lowest BCUT2D eigenvalue weighted by Gasteiger charge is -2.26. The predicted molar refractivity (Wildman–Crippen MR) is 138 cm³/mol. The molecule has 0 saturated heterocycles. The lowest BCUT2D eigenvalue weighted by molar-refractivity contribution is -0.143. The molecule has 0 radical (unpaired) electrons. The maximum Gasteiger partial charge on any atom is 0.338 e. The minimum Gasteiger partial charge on any atom is -0.496 e. The number of esters is 1. The second-order valence-corrected chi connectivity index (χ2v) is 12.0. The van der Waals surface area contributed by atoms with Gasteiger partial charge in [-0.1, -0.05) is 27.3 Å². The number of rotatable bonds is 5. The highest BCUT2D eigenvalue weighted by Crippen LogP contribution is 2.37. The number of carbonyl (C=O) groups is 1. The lowest BCUT2D eigenvalue weighted by Crippen LogP contribution is -2.40. The van der Waals surface area contributed by atoms with E-state index in [0.29, 0.717) is 31.9 Å². The third-order valence-corrected chi connectivity index (χ3v) is 7.98. The van der Waals surface area contributed by atoms with Gasteiger partial charge in [-0.2, -0.15) is 0 Å². The zero-order valence-corrected chi connectivity index (χ0v) is 23.0. The smallest absolute Gasteiger partial charge is 0.338 e. The average molecular weight is 612 g/mol. The first-order chi connectivity index (χ1) is 15.7. The third kappa shape index (κ3) is 4.80. The monoisotopic (exact) mass is 610 g/mol. The van der Waals surface area contributed by atoms with Crippen molar-refractivity contribution in [3.63, 3.8) is 0 Å². The fraction of sp³-hybridized carbons (Fsp3) is 0.261. The quantitative estimate of drug-likeness (QED) is 0.389. The van der Waals surface area contributed by atoms with Crippen LogP contribution in [0.15, 0.2) is 59.6 Å². The molecule has 0 spiro atoms. The fourth-order valence-corrected chi connectivity index (χ4v) is 6.47. The number of thiazole rings is 1. The molecule has 172 valence electrons. The Kier molecular flexibility index (Phi) is 7.09. The molecule has 2 aromatic heterocycles. The van der Waals surface area contributed by atoms with Crippen LogP contribution in [0.5, 0.6) is 5.75 Å². The molecule has 1 aliphatic rings. The van der Waals surface area contributed by atoms with Crippen LogP contribution >= 0.6 is 54.5 Å². The summed E-state index contributed by atoms with van der Waals surface area (Å²) in [5.41, 5.74) is 1.28. The van der Waals surface area contributed by atoms with Gasteiger partial charge in [-0.15, -0.1) is 11.3 Å². The number of hydrogen-bond acceptors (Lipinski definition) is 7. The van der Waals surface area contributed by atoms with Crippen LogP contribution < -0.4 is 19.6 Å². The Morgan fingerprint density at radius 3 is 2.61 bits per heavy atom. The Morgan fingerprint density at radius 1 is 1.21 bits per heavy atom. The number of nitrogens with zero attached hydrogens (tertiary/aromatic N) is 2. The van der Waals surface area contributed by atoms with Gasteiger partial charge in [0.1, 0.15) is 11.8 Å². The van der Waals surface area contributed by atoms with Gasteiger partial charge in [0.15, 0.2) is 4.80 Å². The maximum absolute atomic E-state index is 13.6. The van der Waals surface area contributed by atoms with Crippen molar-refractivity contribution >= 4 is 66.6 Å². The zero-order chi connectivity index (χ0) is 23.9. The van der Waals surface area contributed by atoms with Crippen molar-refractivity contribution in [1.82, 2.24) is 4.57 Å². The van der Waals surface area contributed by atoms with Gasteiger partial charge in [-0.05, 0) is 73.1 Å².